The van der Waals surface area contributed by atoms with Crippen molar-refractivity contribution in [1.82, 2.24) is 5.32 Å². The molecular formula is C27H57N2O6S2W-. The zero-order valence-electron chi connectivity index (χ0n) is 25.2. The van der Waals surface area contributed by atoms with Crippen LogP contribution in [0.25, 0.3) is 5.73 Å². The molecule has 0 aliphatic rings. The molecule has 0 spiro atoms. The van der Waals surface area contributed by atoms with E-state index >= 15 is 0 Å². The second-order valence-corrected chi connectivity index (χ2v) is 13.6. The SMILES string of the molecule is CC(C)/C=C/C[NH-].CC(C)NCCOCCOCCC(C)(OCCOCCOCCO)SSC(C)(C)C.[W]. The Morgan fingerprint density at radius 1 is 0.789 bits per heavy atom. The molecule has 0 radical (unpaired) electrons. The molecule has 0 aromatic heterocycles. The van der Waals surface area contributed by atoms with Crippen molar-refractivity contribution >= 4 is 21.6 Å². The van der Waals surface area contributed by atoms with Crippen LogP contribution in [0.3, 0.4) is 0 Å². The molecule has 1 unspecified atom stereocenters. The molecular weight excluding hydrogens is 696 g/mol. The van der Waals surface area contributed by atoms with Crippen molar-refractivity contribution in [3.8, 4) is 0 Å². The molecule has 0 rings (SSSR count). The minimum absolute atomic E-state index is 0. The largest absolute Gasteiger partial charge is 0.674 e. The molecule has 230 valence electrons. The van der Waals surface area contributed by atoms with E-state index < -0.39 is 0 Å². The molecule has 0 fully saturated rings. The Hall–Kier alpha value is 0.808. The number of rotatable bonds is 23. The van der Waals surface area contributed by atoms with Gasteiger partial charge in [0.15, 0.2) is 0 Å². The van der Waals surface area contributed by atoms with Crippen molar-refractivity contribution in [2.75, 3.05) is 79.2 Å². The summed E-state index contributed by atoms with van der Waals surface area (Å²) in [6, 6.07) is 0.482. The maximum Gasteiger partial charge on any atom is 0.123 e. The molecule has 0 aromatic carbocycles. The van der Waals surface area contributed by atoms with Crippen molar-refractivity contribution in [2.24, 2.45) is 5.92 Å². The number of hydrogen-bond donors (Lipinski definition) is 2. The Morgan fingerprint density at radius 2 is 1.32 bits per heavy atom. The number of nitrogens with one attached hydrogen (secondary N) is 2. The van der Waals surface area contributed by atoms with Gasteiger partial charge in [0.2, 0.25) is 0 Å². The van der Waals surface area contributed by atoms with Crippen LogP contribution in [0, 0.1) is 5.92 Å². The summed E-state index contributed by atoms with van der Waals surface area (Å²) in [4.78, 5) is -0.350. The Kier molecular flexibility index (Phi) is 33.4. The van der Waals surface area contributed by atoms with E-state index in [0.717, 1.165) is 13.0 Å². The molecule has 1 atom stereocenters. The number of hydrogen-bond acceptors (Lipinski definition) is 9. The molecule has 38 heavy (non-hydrogen) atoms. The van der Waals surface area contributed by atoms with E-state index in [2.05, 4.69) is 60.7 Å². The van der Waals surface area contributed by atoms with Crippen LogP contribution in [0.4, 0.5) is 0 Å². The quantitative estimate of drug-likeness (QED) is 0.0599. The number of aliphatic hydroxyl groups is 1. The van der Waals surface area contributed by atoms with Crippen LogP contribution in [0.2, 0.25) is 0 Å². The Labute approximate surface area is 256 Å². The van der Waals surface area contributed by atoms with Crippen molar-refractivity contribution in [1.29, 1.82) is 0 Å². The molecule has 0 amide bonds. The zero-order valence-corrected chi connectivity index (χ0v) is 29.8. The first-order chi connectivity index (χ1) is 17.5. The third-order valence-corrected chi connectivity index (χ3v) is 8.29. The van der Waals surface area contributed by atoms with Crippen molar-refractivity contribution in [2.45, 2.75) is 77.5 Å². The summed E-state index contributed by atoms with van der Waals surface area (Å²) < 4.78 is 28.3. The molecule has 0 aliphatic heterocycles. The van der Waals surface area contributed by atoms with Crippen LogP contribution in [0.1, 0.15) is 61.8 Å². The summed E-state index contributed by atoms with van der Waals surface area (Å²) in [6.45, 7) is 23.3. The fraction of sp³-hybridized carbons (Fsp3) is 0.926. The maximum absolute atomic E-state index is 8.67. The summed E-state index contributed by atoms with van der Waals surface area (Å²) in [5.74, 6) is 0.602. The van der Waals surface area contributed by atoms with Crippen LogP contribution >= 0.6 is 21.6 Å². The van der Waals surface area contributed by atoms with Crippen LogP contribution in [0.15, 0.2) is 12.2 Å². The van der Waals surface area contributed by atoms with E-state index in [0.29, 0.717) is 78.0 Å². The van der Waals surface area contributed by atoms with Crippen molar-refractivity contribution in [3.63, 3.8) is 0 Å². The summed E-state index contributed by atoms with van der Waals surface area (Å²) in [7, 11) is 3.57. The van der Waals surface area contributed by atoms with Gasteiger partial charge in [0.1, 0.15) is 4.93 Å². The monoisotopic (exact) mass is 753 g/mol. The van der Waals surface area contributed by atoms with Gasteiger partial charge in [0.05, 0.1) is 66.1 Å². The minimum Gasteiger partial charge on any atom is -0.674 e. The third kappa shape index (κ3) is 36.8. The second-order valence-electron chi connectivity index (χ2n) is 10.2. The summed E-state index contributed by atoms with van der Waals surface area (Å²) in [6.07, 6.45) is 4.69. The number of allylic oxidation sites excluding steroid dienone is 1. The van der Waals surface area contributed by atoms with Gasteiger partial charge in [-0.05, 0) is 12.8 Å². The molecule has 3 N–H and O–H groups in total. The summed E-state index contributed by atoms with van der Waals surface area (Å²) in [5.41, 5.74) is 6.71. The molecule has 0 aromatic rings. The van der Waals surface area contributed by atoms with Crippen molar-refractivity contribution in [3.05, 3.63) is 17.9 Å². The molecule has 11 heteroatoms. The summed E-state index contributed by atoms with van der Waals surface area (Å²) in [5, 5.41) is 12.0. The molecule has 8 nitrogen and oxygen atoms in total. The molecule has 0 saturated carbocycles. The number of ether oxygens (including phenoxy) is 5. The van der Waals surface area contributed by atoms with E-state index in [4.69, 9.17) is 34.5 Å². The predicted octanol–water partition coefficient (Wildman–Crippen LogP) is 5.59. The van der Waals surface area contributed by atoms with Gasteiger partial charge in [-0.25, -0.2) is 0 Å². The zero-order chi connectivity index (χ0) is 28.4. The molecule has 0 saturated heterocycles. The van der Waals surface area contributed by atoms with Gasteiger partial charge in [-0.1, -0.05) is 76.1 Å². The van der Waals surface area contributed by atoms with Crippen LogP contribution in [0.5, 0.6) is 0 Å². The van der Waals surface area contributed by atoms with E-state index in [1.54, 1.807) is 10.8 Å². The first-order valence-corrected chi connectivity index (χ1v) is 15.6. The van der Waals surface area contributed by atoms with Gasteiger partial charge in [0.25, 0.3) is 0 Å². The number of aliphatic hydroxyl groups excluding tert-OH is 1. The van der Waals surface area contributed by atoms with Gasteiger partial charge in [-0.3, -0.25) is 0 Å². The average molecular weight is 754 g/mol. The van der Waals surface area contributed by atoms with E-state index in [9.17, 15) is 0 Å². The van der Waals surface area contributed by atoms with Crippen LogP contribution < -0.4 is 5.32 Å². The maximum atomic E-state index is 8.67. The molecule has 0 bridgehead atoms. The fourth-order valence-corrected chi connectivity index (χ4v) is 4.79. The van der Waals surface area contributed by atoms with Gasteiger partial charge in [-0.15, -0.1) is 12.6 Å². The van der Waals surface area contributed by atoms with E-state index in [-0.39, 0.29) is 37.4 Å². The fourth-order valence-electron chi connectivity index (χ4n) is 2.39. The van der Waals surface area contributed by atoms with Gasteiger partial charge < -0.3 is 39.8 Å². The Bertz CT molecular complexity index is 514. The third-order valence-electron chi connectivity index (χ3n) is 4.22. The van der Waals surface area contributed by atoms with Crippen molar-refractivity contribution < 1.29 is 49.9 Å². The van der Waals surface area contributed by atoms with Crippen LogP contribution in [-0.2, 0) is 44.7 Å². The summed E-state index contributed by atoms with van der Waals surface area (Å²) >= 11 is 0. The topological polar surface area (TPSA) is 102 Å². The normalized spacial score (nSPS) is 13.5. The smallest absolute Gasteiger partial charge is 0.123 e. The molecule has 0 heterocycles. The average Bonchev–Trinajstić information content (AvgIpc) is 2.82. The molecule has 0 aliphatic carbocycles. The first kappa shape index (κ1) is 43.3. The van der Waals surface area contributed by atoms with Gasteiger partial charge >= 0.3 is 0 Å². The van der Waals surface area contributed by atoms with Crippen LogP contribution in [-0.4, -0.2) is 100.0 Å². The second kappa shape index (κ2) is 29.3. The standard InChI is InChI=1S/C21H45NO6S2.C6H12N.W/c1-19(2)22-8-11-25-14-13-24-10-7-21(6,30-29-20(3,4)5)28-18-17-27-16-15-26-12-9-23;1-6(2)4-3-5-7;/h19,22-23H,7-18H2,1-6H3;3-4,6-7H,5H2,1-2H3;/q;-1;/b;4-3+;. The first-order valence-electron chi connectivity index (χ1n) is 13.4. The van der Waals surface area contributed by atoms with E-state index in [1.165, 1.54) is 0 Å². The predicted molar refractivity (Wildman–Crippen MR) is 161 cm³/mol. The minimum atomic E-state index is -0.350. The van der Waals surface area contributed by atoms with Gasteiger partial charge in [0, 0.05) is 44.8 Å². The van der Waals surface area contributed by atoms with Gasteiger partial charge in [-0.2, -0.15) is 0 Å². The van der Waals surface area contributed by atoms with E-state index in [1.807, 2.05) is 22.9 Å². The Balaban J connectivity index is -0.00000134. The Morgan fingerprint density at radius 3 is 1.79 bits per heavy atom.